The standard InChI is InChI=1S/C12H16N2O/c1-9(2)7-15-10-4-5-12-11(6-10)13-8-14(12)3/h4-6,8-9H,7H2,1-3H3. The maximum atomic E-state index is 5.64. The molecule has 0 spiro atoms. The highest BCUT2D eigenvalue weighted by atomic mass is 16.5. The fraction of sp³-hybridized carbons (Fsp3) is 0.417. The van der Waals surface area contributed by atoms with Crippen molar-refractivity contribution in [1.29, 1.82) is 0 Å². The number of ether oxygens (including phenoxy) is 1. The Kier molecular flexibility index (Phi) is 2.62. The van der Waals surface area contributed by atoms with Crippen LogP contribution in [0.4, 0.5) is 0 Å². The monoisotopic (exact) mass is 204 g/mol. The minimum atomic E-state index is 0.546. The summed E-state index contributed by atoms with van der Waals surface area (Å²) in [5, 5.41) is 0. The van der Waals surface area contributed by atoms with Crippen molar-refractivity contribution in [3.8, 4) is 5.75 Å². The van der Waals surface area contributed by atoms with Crippen LogP contribution >= 0.6 is 0 Å². The number of nitrogens with zero attached hydrogens (tertiary/aromatic N) is 2. The molecule has 2 rings (SSSR count). The molecule has 3 heteroatoms. The predicted octanol–water partition coefficient (Wildman–Crippen LogP) is 2.61. The second-order valence-electron chi connectivity index (χ2n) is 4.21. The molecule has 0 N–H and O–H groups in total. The summed E-state index contributed by atoms with van der Waals surface area (Å²) in [6, 6.07) is 6.02. The van der Waals surface area contributed by atoms with Crippen LogP contribution in [0.25, 0.3) is 11.0 Å². The normalized spacial score (nSPS) is 11.2. The lowest BCUT2D eigenvalue weighted by molar-refractivity contribution is 0.271. The number of hydrogen-bond acceptors (Lipinski definition) is 2. The van der Waals surface area contributed by atoms with E-state index in [2.05, 4.69) is 18.8 Å². The summed E-state index contributed by atoms with van der Waals surface area (Å²) >= 11 is 0. The summed E-state index contributed by atoms with van der Waals surface area (Å²) in [4.78, 5) is 4.29. The average Bonchev–Trinajstić information content (AvgIpc) is 2.57. The van der Waals surface area contributed by atoms with Gasteiger partial charge in [0.15, 0.2) is 0 Å². The lowest BCUT2D eigenvalue weighted by atomic mass is 10.2. The van der Waals surface area contributed by atoms with E-state index in [9.17, 15) is 0 Å². The smallest absolute Gasteiger partial charge is 0.121 e. The molecule has 0 saturated heterocycles. The van der Waals surface area contributed by atoms with Gasteiger partial charge in [-0.15, -0.1) is 0 Å². The molecule has 0 aliphatic carbocycles. The van der Waals surface area contributed by atoms with Crippen LogP contribution in [0.2, 0.25) is 0 Å². The van der Waals surface area contributed by atoms with E-state index in [1.54, 1.807) is 0 Å². The van der Waals surface area contributed by atoms with Gasteiger partial charge in [-0.05, 0) is 18.1 Å². The van der Waals surface area contributed by atoms with Gasteiger partial charge < -0.3 is 9.30 Å². The van der Waals surface area contributed by atoms with Gasteiger partial charge in [0.1, 0.15) is 5.75 Å². The number of imidazole rings is 1. The predicted molar refractivity (Wildman–Crippen MR) is 61.0 cm³/mol. The molecule has 1 heterocycles. The largest absolute Gasteiger partial charge is 0.493 e. The molecule has 0 saturated carbocycles. The van der Waals surface area contributed by atoms with Crippen LogP contribution in [-0.2, 0) is 7.05 Å². The van der Waals surface area contributed by atoms with Crippen molar-refractivity contribution in [1.82, 2.24) is 9.55 Å². The number of hydrogen-bond donors (Lipinski definition) is 0. The molecule has 2 aromatic rings. The van der Waals surface area contributed by atoms with Gasteiger partial charge in [-0.25, -0.2) is 4.98 Å². The quantitative estimate of drug-likeness (QED) is 0.768. The average molecular weight is 204 g/mol. The Bertz CT molecular complexity index is 460. The van der Waals surface area contributed by atoms with Gasteiger partial charge in [-0.3, -0.25) is 0 Å². The molecule has 0 atom stereocenters. The highest BCUT2D eigenvalue weighted by Gasteiger charge is 2.02. The molecular formula is C12H16N2O. The molecule has 0 unspecified atom stereocenters. The minimum Gasteiger partial charge on any atom is -0.493 e. The topological polar surface area (TPSA) is 27.1 Å². The first-order valence-electron chi connectivity index (χ1n) is 5.20. The summed E-state index contributed by atoms with van der Waals surface area (Å²) in [6.45, 7) is 5.02. The van der Waals surface area contributed by atoms with Gasteiger partial charge in [0.2, 0.25) is 0 Å². The Hall–Kier alpha value is -1.51. The second-order valence-corrected chi connectivity index (χ2v) is 4.21. The third-order valence-electron chi connectivity index (χ3n) is 2.28. The molecule has 80 valence electrons. The van der Waals surface area contributed by atoms with Crippen LogP contribution in [0.15, 0.2) is 24.5 Å². The first-order valence-corrected chi connectivity index (χ1v) is 5.20. The van der Waals surface area contributed by atoms with E-state index in [0.717, 1.165) is 23.4 Å². The van der Waals surface area contributed by atoms with Gasteiger partial charge in [-0.1, -0.05) is 13.8 Å². The van der Waals surface area contributed by atoms with Crippen LogP contribution < -0.4 is 4.74 Å². The van der Waals surface area contributed by atoms with E-state index >= 15 is 0 Å². The van der Waals surface area contributed by atoms with Gasteiger partial charge in [0.05, 0.1) is 24.0 Å². The van der Waals surface area contributed by atoms with Crippen LogP contribution in [0.5, 0.6) is 5.75 Å². The zero-order valence-electron chi connectivity index (χ0n) is 9.40. The minimum absolute atomic E-state index is 0.546. The van der Waals surface area contributed by atoms with Crippen molar-refractivity contribution < 1.29 is 4.74 Å². The Morgan fingerprint density at radius 3 is 2.93 bits per heavy atom. The Morgan fingerprint density at radius 2 is 2.20 bits per heavy atom. The Labute approximate surface area is 89.7 Å². The first-order chi connectivity index (χ1) is 7.16. The molecule has 1 aromatic carbocycles. The Balaban J connectivity index is 2.23. The summed E-state index contributed by atoms with van der Waals surface area (Å²) in [7, 11) is 1.99. The van der Waals surface area contributed by atoms with E-state index in [4.69, 9.17) is 4.74 Å². The molecule has 0 fully saturated rings. The molecule has 1 aromatic heterocycles. The van der Waals surface area contributed by atoms with E-state index in [1.807, 2.05) is 36.1 Å². The van der Waals surface area contributed by atoms with E-state index < -0.39 is 0 Å². The molecule has 0 bridgehead atoms. The summed E-state index contributed by atoms with van der Waals surface area (Å²) in [5.41, 5.74) is 2.12. The highest BCUT2D eigenvalue weighted by molar-refractivity contribution is 5.76. The van der Waals surface area contributed by atoms with Crippen LogP contribution in [0.1, 0.15) is 13.8 Å². The van der Waals surface area contributed by atoms with Gasteiger partial charge in [0.25, 0.3) is 0 Å². The van der Waals surface area contributed by atoms with E-state index in [0.29, 0.717) is 5.92 Å². The van der Waals surface area contributed by atoms with Crippen molar-refractivity contribution in [3.63, 3.8) is 0 Å². The van der Waals surface area contributed by atoms with Crippen LogP contribution in [0.3, 0.4) is 0 Å². The number of rotatable bonds is 3. The maximum absolute atomic E-state index is 5.64. The van der Waals surface area contributed by atoms with Crippen molar-refractivity contribution in [2.75, 3.05) is 6.61 Å². The summed E-state index contributed by atoms with van der Waals surface area (Å²) < 4.78 is 7.64. The molecular weight excluding hydrogens is 188 g/mol. The van der Waals surface area contributed by atoms with Crippen molar-refractivity contribution in [2.45, 2.75) is 13.8 Å². The van der Waals surface area contributed by atoms with Gasteiger partial charge in [0, 0.05) is 13.1 Å². The molecule has 15 heavy (non-hydrogen) atoms. The molecule has 3 nitrogen and oxygen atoms in total. The molecule has 0 aliphatic heterocycles. The lowest BCUT2D eigenvalue weighted by Gasteiger charge is -2.08. The third kappa shape index (κ3) is 2.12. The number of aryl methyl sites for hydroxylation is 1. The molecule has 0 amide bonds. The number of fused-ring (bicyclic) bond motifs is 1. The number of benzene rings is 1. The highest BCUT2D eigenvalue weighted by Crippen LogP contribution is 2.19. The zero-order chi connectivity index (χ0) is 10.8. The van der Waals surface area contributed by atoms with Crippen molar-refractivity contribution in [2.24, 2.45) is 13.0 Å². The number of aromatic nitrogens is 2. The summed E-state index contributed by atoms with van der Waals surface area (Å²) in [5.74, 6) is 1.44. The van der Waals surface area contributed by atoms with E-state index in [1.165, 1.54) is 0 Å². The van der Waals surface area contributed by atoms with Crippen LogP contribution in [0, 0.1) is 5.92 Å². The molecule has 0 radical (unpaired) electrons. The fourth-order valence-corrected chi connectivity index (χ4v) is 1.47. The van der Waals surface area contributed by atoms with Gasteiger partial charge >= 0.3 is 0 Å². The SMILES string of the molecule is CC(C)COc1ccc2c(c1)ncn2C. The Morgan fingerprint density at radius 1 is 1.40 bits per heavy atom. The van der Waals surface area contributed by atoms with Crippen molar-refractivity contribution in [3.05, 3.63) is 24.5 Å². The van der Waals surface area contributed by atoms with Crippen LogP contribution in [-0.4, -0.2) is 16.2 Å². The van der Waals surface area contributed by atoms with Crippen molar-refractivity contribution >= 4 is 11.0 Å². The van der Waals surface area contributed by atoms with E-state index in [-0.39, 0.29) is 0 Å². The fourth-order valence-electron chi connectivity index (χ4n) is 1.47. The lowest BCUT2D eigenvalue weighted by Crippen LogP contribution is -2.04. The summed E-state index contributed by atoms with van der Waals surface area (Å²) in [6.07, 6.45) is 1.82. The zero-order valence-corrected chi connectivity index (χ0v) is 9.40. The second kappa shape index (κ2) is 3.93. The molecule has 0 aliphatic rings. The van der Waals surface area contributed by atoms with Gasteiger partial charge in [-0.2, -0.15) is 0 Å². The maximum Gasteiger partial charge on any atom is 0.121 e. The first kappa shape index (κ1) is 10.0. The third-order valence-corrected chi connectivity index (χ3v) is 2.28.